The van der Waals surface area contributed by atoms with Crippen molar-refractivity contribution in [2.45, 2.75) is 43.3 Å². The van der Waals surface area contributed by atoms with Gasteiger partial charge in [0, 0.05) is 36.3 Å². The number of halogens is 1. The summed E-state index contributed by atoms with van der Waals surface area (Å²) in [6.07, 6.45) is 3.52. The lowest BCUT2D eigenvalue weighted by Crippen LogP contribution is -2.28. The normalized spacial score (nSPS) is 23.7. The van der Waals surface area contributed by atoms with Crippen molar-refractivity contribution in [2.24, 2.45) is 5.92 Å². The molecule has 2 aliphatic heterocycles. The molecule has 1 aromatic carbocycles. The van der Waals surface area contributed by atoms with Crippen molar-refractivity contribution in [1.29, 1.82) is 0 Å². The Kier molecular flexibility index (Phi) is 4.58. The third-order valence-corrected chi connectivity index (χ3v) is 7.57. The first-order valence-corrected chi connectivity index (χ1v) is 11.2. The van der Waals surface area contributed by atoms with Crippen LogP contribution in [0.3, 0.4) is 0 Å². The van der Waals surface area contributed by atoms with Crippen LogP contribution in [-0.2, 0) is 0 Å². The number of carboxylic acid groups (broad SMARTS) is 1. The van der Waals surface area contributed by atoms with Crippen LogP contribution >= 0.6 is 11.8 Å². The fourth-order valence-electron chi connectivity index (χ4n) is 4.52. The molecule has 0 radical (unpaired) electrons. The molecule has 2 atom stereocenters. The molecule has 29 heavy (non-hydrogen) atoms. The second-order valence-corrected chi connectivity index (χ2v) is 9.46. The van der Waals surface area contributed by atoms with Gasteiger partial charge in [0.2, 0.25) is 5.43 Å². The van der Waals surface area contributed by atoms with E-state index in [1.165, 1.54) is 30.7 Å². The number of rotatable bonds is 5. The summed E-state index contributed by atoms with van der Waals surface area (Å²) in [6, 6.07) is 3.69. The lowest BCUT2D eigenvalue weighted by Gasteiger charge is -2.22. The molecule has 2 N–H and O–H groups in total. The molecule has 3 heterocycles. The molecule has 8 heteroatoms. The minimum atomic E-state index is -1.25. The number of carboxylic acids is 1. The number of aromatic nitrogens is 1. The highest BCUT2D eigenvalue weighted by Gasteiger charge is 2.32. The first-order valence-electron chi connectivity index (χ1n) is 10.2. The molecule has 1 aliphatic carbocycles. The van der Waals surface area contributed by atoms with Gasteiger partial charge in [0.1, 0.15) is 11.4 Å². The summed E-state index contributed by atoms with van der Waals surface area (Å²) in [5.41, 5.74) is 0.293. The Morgan fingerprint density at radius 1 is 1.34 bits per heavy atom. The van der Waals surface area contributed by atoms with E-state index in [0.29, 0.717) is 33.9 Å². The molecule has 0 spiro atoms. The SMILES string of the molecule is CC1CSc2c(C(=O)O)c(=O)c3cc(F)c(N4CCC(CNC5CC5)C4)cc3n21. The number of fused-ring (bicyclic) bond motifs is 3. The Hall–Kier alpha value is -2.06. The monoisotopic (exact) mass is 417 g/mol. The number of aromatic carboxylic acids is 1. The summed E-state index contributed by atoms with van der Waals surface area (Å²) in [5, 5.41) is 13.7. The number of nitrogens with zero attached hydrogens (tertiary/aromatic N) is 2. The molecular weight excluding hydrogens is 393 g/mol. The summed E-state index contributed by atoms with van der Waals surface area (Å²) < 4.78 is 16.9. The average Bonchev–Trinajstić information content (AvgIpc) is 3.27. The molecule has 2 fully saturated rings. The molecule has 2 aromatic rings. The third-order valence-electron chi connectivity index (χ3n) is 6.24. The van der Waals surface area contributed by atoms with Crippen molar-refractivity contribution in [2.75, 3.05) is 30.3 Å². The molecule has 1 saturated carbocycles. The van der Waals surface area contributed by atoms with Crippen LogP contribution in [0.1, 0.15) is 42.6 Å². The van der Waals surface area contributed by atoms with E-state index in [9.17, 15) is 14.7 Å². The van der Waals surface area contributed by atoms with Crippen LogP contribution < -0.4 is 15.6 Å². The van der Waals surface area contributed by atoms with Crippen LogP contribution in [0.15, 0.2) is 22.0 Å². The van der Waals surface area contributed by atoms with Gasteiger partial charge in [-0.15, -0.1) is 11.8 Å². The van der Waals surface area contributed by atoms with Gasteiger partial charge in [-0.1, -0.05) is 0 Å². The predicted octanol–water partition coefficient (Wildman–Crippen LogP) is 3.08. The van der Waals surface area contributed by atoms with Crippen molar-refractivity contribution >= 4 is 34.3 Å². The first-order chi connectivity index (χ1) is 13.9. The van der Waals surface area contributed by atoms with Crippen molar-refractivity contribution in [3.8, 4) is 0 Å². The quantitative estimate of drug-likeness (QED) is 0.779. The van der Waals surface area contributed by atoms with Crippen molar-refractivity contribution in [3.63, 3.8) is 0 Å². The second kappa shape index (κ2) is 7.02. The molecule has 5 rings (SSSR count). The van der Waals surface area contributed by atoms with Crippen LogP contribution in [0.2, 0.25) is 0 Å². The van der Waals surface area contributed by atoms with Gasteiger partial charge in [0.15, 0.2) is 0 Å². The van der Waals surface area contributed by atoms with Crippen LogP contribution in [0.25, 0.3) is 10.9 Å². The second-order valence-electron chi connectivity index (χ2n) is 8.45. The van der Waals surface area contributed by atoms with Gasteiger partial charge >= 0.3 is 5.97 Å². The Bertz CT molecular complexity index is 1070. The molecule has 3 aliphatic rings. The lowest BCUT2D eigenvalue weighted by molar-refractivity contribution is 0.0690. The van der Waals surface area contributed by atoms with Crippen LogP contribution in [0.5, 0.6) is 0 Å². The highest BCUT2D eigenvalue weighted by atomic mass is 32.2. The van der Waals surface area contributed by atoms with E-state index >= 15 is 4.39 Å². The van der Waals surface area contributed by atoms with E-state index in [2.05, 4.69) is 10.2 Å². The zero-order valence-corrected chi connectivity index (χ0v) is 17.1. The summed E-state index contributed by atoms with van der Waals surface area (Å²) in [7, 11) is 0. The van der Waals surface area contributed by atoms with Crippen molar-refractivity contribution < 1.29 is 14.3 Å². The Morgan fingerprint density at radius 3 is 2.86 bits per heavy atom. The summed E-state index contributed by atoms with van der Waals surface area (Å²) in [5.74, 6) is -0.523. The van der Waals surface area contributed by atoms with Crippen LogP contribution in [0, 0.1) is 11.7 Å². The minimum absolute atomic E-state index is 0.0450. The maximum Gasteiger partial charge on any atom is 0.342 e. The van der Waals surface area contributed by atoms with E-state index in [0.717, 1.165) is 26.1 Å². The summed E-state index contributed by atoms with van der Waals surface area (Å²) in [4.78, 5) is 26.6. The highest BCUT2D eigenvalue weighted by Crippen LogP contribution is 2.39. The number of hydrogen-bond donors (Lipinski definition) is 2. The first kappa shape index (κ1) is 18.9. The molecular formula is C21H24FN3O3S. The molecule has 2 unspecified atom stereocenters. The Balaban J connectivity index is 1.56. The van der Waals surface area contributed by atoms with Crippen LogP contribution in [-0.4, -0.2) is 47.1 Å². The van der Waals surface area contributed by atoms with E-state index < -0.39 is 17.2 Å². The maximum atomic E-state index is 15.0. The van der Waals surface area contributed by atoms with Gasteiger partial charge < -0.3 is 19.9 Å². The average molecular weight is 418 g/mol. The number of hydrogen-bond acceptors (Lipinski definition) is 5. The molecule has 1 aromatic heterocycles. The van der Waals surface area contributed by atoms with E-state index in [1.807, 2.05) is 11.5 Å². The number of pyridine rings is 1. The van der Waals surface area contributed by atoms with Gasteiger partial charge in [-0.2, -0.15) is 0 Å². The smallest absolute Gasteiger partial charge is 0.342 e. The molecule has 0 amide bonds. The standard InChI is InChI=1S/C21H24FN3O3S/c1-11-10-29-20-18(21(27)28)19(26)14-6-15(22)17(7-16(14)25(11)20)24-5-4-12(9-24)8-23-13-2-3-13/h6-7,11-13,23H,2-5,8-10H2,1H3,(H,27,28). The lowest BCUT2D eigenvalue weighted by atomic mass is 10.1. The van der Waals surface area contributed by atoms with Gasteiger partial charge in [-0.05, 0) is 50.8 Å². The maximum absolute atomic E-state index is 15.0. The summed E-state index contributed by atoms with van der Waals surface area (Å²) >= 11 is 1.38. The number of thioether (sulfide) groups is 1. The Morgan fingerprint density at radius 2 is 2.14 bits per heavy atom. The zero-order chi connectivity index (χ0) is 20.3. The Labute approximate surface area is 172 Å². The molecule has 154 valence electrons. The van der Waals surface area contributed by atoms with Gasteiger partial charge in [0.05, 0.1) is 16.2 Å². The zero-order valence-electron chi connectivity index (χ0n) is 16.3. The number of anilines is 1. The fourth-order valence-corrected chi connectivity index (χ4v) is 5.81. The van der Waals surface area contributed by atoms with E-state index in [1.54, 1.807) is 6.07 Å². The topological polar surface area (TPSA) is 74.6 Å². The van der Waals surface area contributed by atoms with Gasteiger partial charge in [0.25, 0.3) is 0 Å². The highest BCUT2D eigenvalue weighted by molar-refractivity contribution is 7.99. The number of carbonyl (C=O) groups is 1. The van der Waals surface area contributed by atoms with Gasteiger partial charge in [-0.3, -0.25) is 4.79 Å². The predicted molar refractivity (Wildman–Crippen MR) is 112 cm³/mol. The molecule has 1 saturated heterocycles. The van der Waals surface area contributed by atoms with E-state index in [-0.39, 0.29) is 17.0 Å². The number of benzene rings is 1. The van der Waals surface area contributed by atoms with Gasteiger partial charge in [-0.25, -0.2) is 9.18 Å². The van der Waals surface area contributed by atoms with E-state index in [4.69, 9.17) is 0 Å². The minimum Gasteiger partial charge on any atom is -0.477 e. The fraction of sp³-hybridized carbons (Fsp3) is 0.524. The van der Waals surface area contributed by atoms with Crippen molar-refractivity contribution in [1.82, 2.24) is 9.88 Å². The van der Waals surface area contributed by atoms with Crippen molar-refractivity contribution in [3.05, 3.63) is 33.7 Å². The summed E-state index contributed by atoms with van der Waals surface area (Å²) in [6.45, 7) is 4.53. The van der Waals surface area contributed by atoms with Crippen LogP contribution in [0.4, 0.5) is 10.1 Å². The molecule has 0 bridgehead atoms. The molecule has 6 nitrogen and oxygen atoms in total. The largest absolute Gasteiger partial charge is 0.477 e. The third kappa shape index (κ3) is 3.22. The number of nitrogens with one attached hydrogen (secondary N) is 1.